The zero-order valence-corrected chi connectivity index (χ0v) is 8.37. The first-order chi connectivity index (χ1) is 6.21. The molecule has 74 valence electrons. The number of fused-ring (bicyclic) bond motifs is 3. The van der Waals surface area contributed by atoms with E-state index in [9.17, 15) is 5.11 Å². The van der Waals surface area contributed by atoms with Gasteiger partial charge in [0.15, 0.2) is 0 Å². The summed E-state index contributed by atoms with van der Waals surface area (Å²) in [5, 5.41) is 10.1. The van der Waals surface area contributed by atoms with Gasteiger partial charge in [-0.05, 0) is 37.6 Å². The molecule has 1 N–H and O–H groups in total. The van der Waals surface area contributed by atoms with Gasteiger partial charge >= 0.3 is 0 Å². The molecule has 1 saturated heterocycles. The zero-order valence-electron chi connectivity index (χ0n) is 8.37. The van der Waals surface area contributed by atoms with Crippen LogP contribution < -0.4 is 0 Å². The average Bonchev–Trinajstić information content (AvgIpc) is 2.25. The lowest BCUT2D eigenvalue weighted by Gasteiger charge is -2.45. The predicted octanol–water partition coefficient (Wildman–Crippen LogP) is 1.10. The topological polar surface area (TPSA) is 23.5 Å². The van der Waals surface area contributed by atoms with Crippen molar-refractivity contribution in [3.8, 4) is 0 Å². The Morgan fingerprint density at radius 1 is 1.31 bits per heavy atom. The number of aliphatic hydroxyl groups excluding tert-OH is 1. The van der Waals surface area contributed by atoms with Gasteiger partial charge in [-0.15, -0.1) is 0 Å². The summed E-state index contributed by atoms with van der Waals surface area (Å²) in [4.78, 5) is 2.41. The molecule has 1 heterocycles. The van der Waals surface area contributed by atoms with Gasteiger partial charge in [0, 0.05) is 19.0 Å². The molecule has 0 aromatic carbocycles. The average molecular weight is 181 g/mol. The Morgan fingerprint density at radius 2 is 2.08 bits per heavy atom. The van der Waals surface area contributed by atoms with Gasteiger partial charge in [0.2, 0.25) is 0 Å². The van der Waals surface area contributed by atoms with Gasteiger partial charge in [-0.2, -0.15) is 0 Å². The summed E-state index contributed by atoms with van der Waals surface area (Å²) in [6.45, 7) is 2.26. The first kappa shape index (κ1) is 8.25. The van der Waals surface area contributed by atoms with E-state index in [0.717, 1.165) is 13.1 Å². The Kier molecular flexibility index (Phi) is 1.58. The van der Waals surface area contributed by atoms with E-state index in [2.05, 4.69) is 11.9 Å². The Hall–Kier alpha value is -0.0800. The molecular formula is C11H19NO. The van der Waals surface area contributed by atoms with Crippen LogP contribution in [0.15, 0.2) is 0 Å². The predicted molar refractivity (Wildman–Crippen MR) is 51.4 cm³/mol. The van der Waals surface area contributed by atoms with Crippen LogP contribution in [0.5, 0.6) is 0 Å². The highest BCUT2D eigenvalue weighted by atomic mass is 16.3. The van der Waals surface area contributed by atoms with Crippen molar-refractivity contribution in [2.45, 2.75) is 31.8 Å². The number of nitrogens with zero attached hydrogens (tertiary/aromatic N) is 1. The van der Waals surface area contributed by atoms with E-state index in [1.54, 1.807) is 0 Å². The highest BCUT2D eigenvalue weighted by molar-refractivity contribution is 5.08. The van der Waals surface area contributed by atoms with Crippen LogP contribution in [0.2, 0.25) is 0 Å². The summed E-state index contributed by atoms with van der Waals surface area (Å²) in [5.41, 5.74) is 0.578. The lowest BCUT2D eigenvalue weighted by molar-refractivity contribution is -0.0205. The maximum atomic E-state index is 10.1. The van der Waals surface area contributed by atoms with Gasteiger partial charge in [0.05, 0.1) is 6.10 Å². The normalized spacial score (nSPS) is 48.0. The van der Waals surface area contributed by atoms with Gasteiger partial charge in [-0.1, -0.05) is 6.42 Å². The summed E-state index contributed by atoms with van der Waals surface area (Å²) >= 11 is 0. The fraction of sp³-hybridized carbons (Fsp3) is 1.00. The van der Waals surface area contributed by atoms with Crippen molar-refractivity contribution in [1.29, 1.82) is 0 Å². The standard InChI is InChI=1S/C11H19NO/c1-12-6-8-5-11(3-2-4-11)9(7-12)10(8)13/h8-10,13H,2-7H2,1H3/t8-,9-,10+/m0/s1. The number of rotatable bonds is 0. The molecule has 2 nitrogen and oxygen atoms in total. The summed E-state index contributed by atoms with van der Waals surface area (Å²) in [6.07, 6.45) is 5.51. The van der Waals surface area contributed by atoms with E-state index >= 15 is 0 Å². The molecule has 0 aromatic rings. The molecule has 3 aliphatic rings. The molecule has 2 saturated carbocycles. The monoisotopic (exact) mass is 181 g/mol. The van der Waals surface area contributed by atoms with Crippen molar-refractivity contribution in [2.24, 2.45) is 17.3 Å². The highest BCUT2D eigenvalue weighted by Gasteiger charge is 2.57. The maximum Gasteiger partial charge on any atom is 0.0626 e. The van der Waals surface area contributed by atoms with E-state index in [-0.39, 0.29) is 6.10 Å². The van der Waals surface area contributed by atoms with Crippen molar-refractivity contribution in [1.82, 2.24) is 4.90 Å². The van der Waals surface area contributed by atoms with Crippen LogP contribution in [-0.4, -0.2) is 36.2 Å². The number of piperidine rings is 1. The lowest BCUT2D eigenvalue weighted by atomic mass is 9.62. The van der Waals surface area contributed by atoms with Crippen LogP contribution in [0.3, 0.4) is 0 Å². The smallest absolute Gasteiger partial charge is 0.0626 e. The summed E-state index contributed by atoms with van der Waals surface area (Å²) in [6, 6.07) is 0. The van der Waals surface area contributed by atoms with Crippen molar-refractivity contribution in [3.05, 3.63) is 0 Å². The second-order valence-corrected chi connectivity index (χ2v) is 5.50. The van der Waals surface area contributed by atoms with Gasteiger partial charge < -0.3 is 10.0 Å². The molecule has 3 fully saturated rings. The van der Waals surface area contributed by atoms with Gasteiger partial charge in [-0.25, -0.2) is 0 Å². The van der Waals surface area contributed by atoms with E-state index in [4.69, 9.17) is 0 Å². The second-order valence-electron chi connectivity index (χ2n) is 5.50. The Morgan fingerprint density at radius 3 is 2.69 bits per heavy atom. The number of hydrogen-bond donors (Lipinski definition) is 1. The van der Waals surface area contributed by atoms with Crippen LogP contribution in [0.4, 0.5) is 0 Å². The Bertz CT molecular complexity index is 224. The highest BCUT2D eigenvalue weighted by Crippen LogP contribution is 2.60. The van der Waals surface area contributed by atoms with Crippen LogP contribution in [0.25, 0.3) is 0 Å². The van der Waals surface area contributed by atoms with Crippen LogP contribution in [0, 0.1) is 17.3 Å². The first-order valence-corrected chi connectivity index (χ1v) is 5.58. The van der Waals surface area contributed by atoms with Gasteiger partial charge in [-0.3, -0.25) is 0 Å². The molecule has 2 bridgehead atoms. The molecule has 2 aliphatic carbocycles. The molecule has 0 unspecified atom stereocenters. The molecule has 3 rings (SSSR count). The van der Waals surface area contributed by atoms with Crippen LogP contribution >= 0.6 is 0 Å². The van der Waals surface area contributed by atoms with Gasteiger partial charge in [0.25, 0.3) is 0 Å². The summed E-state index contributed by atoms with van der Waals surface area (Å²) in [5.74, 6) is 1.19. The molecule has 0 radical (unpaired) electrons. The number of likely N-dealkylation sites (tertiary alicyclic amines) is 1. The SMILES string of the molecule is CN1C[C@@H]2CC3(CCC3)[C@@H](C1)[C@@H]2O. The molecular weight excluding hydrogens is 162 g/mol. The minimum absolute atomic E-state index is 0.0245. The zero-order chi connectivity index (χ0) is 9.05. The molecule has 13 heavy (non-hydrogen) atoms. The molecule has 0 amide bonds. The maximum absolute atomic E-state index is 10.1. The molecule has 0 aromatic heterocycles. The summed E-state index contributed by atoms with van der Waals surface area (Å²) < 4.78 is 0. The molecule has 2 heteroatoms. The van der Waals surface area contributed by atoms with E-state index < -0.39 is 0 Å². The summed E-state index contributed by atoms with van der Waals surface area (Å²) in [7, 11) is 2.20. The largest absolute Gasteiger partial charge is 0.392 e. The number of hydrogen-bond acceptors (Lipinski definition) is 2. The third kappa shape index (κ3) is 0.962. The lowest BCUT2D eigenvalue weighted by Crippen LogP contribution is -2.47. The second kappa shape index (κ2) is 2.48. The van der Waals surface area contributed by atoms with E-state index in [1.165, 1.54) is 25.7 Å². The van der Waals surface area contributed by atoms with Crippen LogP contribution in [0.1, 0.15) is 25.7 Å². The molecule has 1 aliphatic heterocycles. The van der Waals surface area contributed by atoms with Crippen molar-refractivity contribution in [3.63, 3.8) is 0 Å². The van der Waals surface area contributed by atoms with Gasteiger partial charge in [0.1, 0.15) is 0 Å². The van der Waals surface area contributed by atoms with Crippen molar-refractivity contribution >= 4 is 0 Å². The van der Waals surface area contributed by atoms with E-state index in [0.29, 0.717) is 17.3 Å². The Balaban J connectivity index is 1.88. The first-order valence-electron chi connectivity index (χ1n) is 5.58. The van der Waals surface area contributed by atoms with Crippen molar-refractivity contribution in [2.75, 3.05) is 20.1 Å². The fourth-order valence-corrected chi connectivity index (χ4v) is 3.98. The third-order valence-corrected chi connectivity index (χ3v) is 4.75. The minimum atomic E-state index is 0.0245. The van der Waals surface area contributed by atoms with E-state index in [1.807, 2.05) is 0 Å². The third-order valence-electron chi connectivity index (χ3n) is 4.75. The fourth-order valence-electron chi connectivity index (χ4n) is 3.98. The molecule has 1 spiro atoms. The molecule has 3 atom stereocenters. The Labute approximate surface area is 79.9 Å². The quantitative estimate of drug-likeness (QED) is 0.605. The minimum Gasteiger partial charge on any atom is -0.392 e. The van der Waals surface area contributed by atoms with Crippen molar-refractivity contribution < 1.29 is 5.11 Å². The number of aliphatic hydroxyl groups is 1. The van der Waals surface area contributed by atoms with Crippen LogP contribution in [-0.2, 0) is 0 Å².